The minimum Gasteiger partial charge on any atom is -0.478 e. The van der Waals surface area contributed by atoms with Gasteiger partial charge >= 0.3 is 25.8 Å². The Kier molecular flexibility index (Phi) is 3.48. The molecule has 0 aromatic carbocycles. The lowest BCUT2D eigenvalue weighted by molar-refractivity contribution is -0.132. The molecule has 0 aliphatic carbocycles. The third kappa shape index (κ3) is 2.42. The van der Waals surface area contributed by atoms with Crippen LogP contribution in [0.5, 0.6) is 0 Å². The van der Waals surface area contributed by atoms with Gasteiger partial charge in [0.1, 0.15) is 0 Å². The molecule has 0 aromatic heterocycles. The summed E-state index contributed by atoms with van der Waals surface area (Å²) in [6.45, 7) is 2.58. The van der Waals surface area contributed by atoms with Gasteiger partial charge in [0, 0.05) is 5.57 Å². The van der Waals surface area contributed by atoms with Crippen molar-refractivity contribution in [3.05, 3.63) is 9.15 Å². The van der Waals surface area contributed by atoms with Crippen molar-refractivity contribution in [2.75, 3.05) is 0 Å². The Morgan fingerprint density at radius 3 is 1.80 bits per heavy atom. The Labute approximate surface area is 65.1 Å². The normalized spacial score (nSPS) is 13.1. The highest BCUT2D eigenvalue weighted by atomic mass is 127. The predicted molar refractivity (Wildman–Crippen MR) is 41.4 cm³/mol. The highest BCUT2D eigenvalue weighted by Gasteiger charge is 2.07. The quantitative estimate of drug-likeness (QED) is 0.602. The number of allylic oxidation sites excluding steroid dienone is 1. The number of carbonyl (C=O) groups is 1. The second-order valence-electron chi connectivity index (χ2n) is 1.68. The van der Waals surface area contributed by atoms with E-state index in [-0.39, 0.29) is 9.15 Å². The highest BCUT2D eigenvalue weighted by Crippen LogP contribution is 2.22. The summed E-state index contributed by atoms with van der Waals surface area (Å²) in [6, 6.07) is 0. The second kappa shape index (κ2) is 3.65. The number of hydrogen-bond donors (Lipinski definition) is 1. The van der Waals surface area contributed by atoms with Crippen LogP contribution in [0.1, 0.15) is 13.8 Å². The first kappa shape index (κ1) is 9.54. The fourth-order valence-electron chi connectivity index (χ4n) is 0.263. The van der Waals surface area contributed by atoms with Crippen molar-refractivity contribution in [2.24, 2.45) is 0 Å². The average Bonchev–Trinajstić information content (AvgIpc) is 1.84. The summed E-state index contributed by atoms with van der Waals surface area (Å²) in [5.74, 6) is -1.17. The molecule has 0 spiro atoms. The molecule has 0 rings (SSSR count). The van der Waals surface area contributed by atoms with Crippen LogP contribution in [-0.2, 0) is 10.9 Å². The predicted octanol–water partition coefficient (Wildman–Crippen LogP) is 1.56. The molecule has 4 nitrogen and oxygen atoms in total. The van der Waals surface area contributed by atoms with Gasteiger partial charge < -0.3 is 5.11 Å². The van der Waals surface area contributed by atoms with Gasteiger partial charge in [0.25, 0.3) is 0 Å². The fraction of sp³-hybridized carbons (Fsp3) is 0.400. The van der Waals surface area contributed by atoms with E-state index < -0.39 is 25.8 Å². The van der Waals surface area contributed by atoms with E-state index in [9.17, 15) is 10.9 Å². The number of rotatable bonds is 2. The van der Waals surface area contributed by atoms with Crippen LogP contribution in [0.15, 0.2) is 9.15 Å². The largest absolute Gasteiger partial charge is 0.478 e. The first-order chi connectivity index (χ1) is 4.46. The Morgan fingerprint density at radius 1 is 1.30 bits per heavy atom. The first-order valence-corrected chi connectivity index (χ1v) is 5.27. The van der Waals surface area contributed by atoms with Crippen LogP contribution in [0.3, 0.4) is 0 Å². The Balaban J connectivity index is 4.86. The molecule has 0 atom stereocenters. The van der Waals surface area contributed by atoms with Crippen molar-refractivity contribution in [1.82, 2.24) is 0 Å². The molecule has 58 valence electrons. The second-order valence-corrected chi connectivity index (χ2v) is 4.54. The lowest BCUT2D eigenvalue weighted by Gasteiger charge is -1.90. The lowest BCUT2D eigenvalue weighted by atomic mass is 10.3. The van der Waals surface area contributed by atoms with Crippen LogP contribution in [0.4, 0.5) is 0 Å². The van der Waals surface area contributed by atoms with Crippen molar-refractivity contribution in [1.29, 1.82) is 0 Å². The van der Waals surface area contributed by atoms with Gasteiger partial charge in [-0.05, 0) is 13.8 Å². The van der Waals surface area contributed by atoms with Crippen LogP contribution in [0.2, 0.25) is 0 Å². The summed E-state index contributed by atoms with van der Waals surface area (Å²) in [4.78, 5) is 10.1. The SMILES string of the molecule is C/C(C(=O)O)=C(/C)I(=O)=O. The van der Waals surface area contributed by atoms with Crippen LogP contribution in [0.25, 0.3) is 0 Å². The fourth-order valence-corrected chi connectivity index (χ4v) is 1.15. The van der Waals surface area contributed by atoms with E-state index in [4.69, 9.17) is 5.11 Å². The van der Waals surface area contributed by atoms with Gasteiger partial charge in [-0.25, -0.2) is 10.9 Å². The minimum atomic E-state index is -3.53. The van der Waals surface area contributed by atoms with E-state index in [2.05, 4.69) is 0 Å². The minimum absolute atomic E-state index is 0.00306. The molecule has 0 heterocycles. The van der Waals surface area contributed by atoms with Crippen LogP contribution >= 0.6 is 19.8 Å². The van der Waals surface area contributed by atoms with Gasteiger partial charge in [0.15, 0.2) is 0 Å². The number of hydrogen-bond acceptors (Lipinski definition) is 3. The molecule has 0 aromatic rings. The topological polar surface area (TPSA) is 71.4 Å². The van der Waals surface area contributed by atoms with Gasteiger partial charge in [-0.2, -0.15) is 0 Å². The van der Waals surface area contributed by atoms with Crippen molar-refractivity contribution in [3.8, 4) is 0 Å². The molecule has 0 saturated carbocycles. The highest BCUT2D eigenvalue weighted by molar-refractivity contribution is 14.2. The zero-order valence-electron chi connectivity index (χ0n) is 5.55. The van der Waals surface area contributed by atoms with Crippen molar-refractivity contribution in [3.63, 3.8) is 0 Å². The molecule has 0 radical (unpaired) electrons. The summed E-state index contributed by atoms with van der Waals surface area (Å²) < 4.78 is 20.5. The molecule has 0 saturated heterocycles. The molecule has 0 aliphatic rings. The van der Waals surface area contributed by atoms with Gasteiger partial charge in [-0.15, -0.1) is 0 Å². The summed E-state index contributed by atoms with van der Waals surface area (Å²) in [7, 11) is 0. The van der Waals surface area contributed by atoms with Crippen LogP contribution in [-0.4, -0.2) is 11.1 Å². The van der Waals surface area contributed by atoms with E-state index in [0.29, 0.717) is 0 Å². The number of carboxylic acid groups (broad SMARTS) is 1. The van der Waals surface area contributed by atoms with Crippen LogP contribution in [0, 0.1) is 0 Å². The van der Waals surface area contributed by atoms with Crippen molar-refractivity contribution >= 4 is 25.8 Å². The van der Waals surface area contributed by atoms with E-state index in [1.807, 2.05) is 0 Å². The van der Waals surface area contributed by atoms with Crippen molar-refractivity contribution < 1.29 is 16.0 Å². The zero-order chi connectivity index (χ0) is 8.31. The third-order valence-corrected chi connectivity index (χ3v) is 3.20. The maximum absolute atomic E-state index is 10.3. The number of carboxylic acids is 1. The monoisotopic (exact) mass is 258 g/mol. The molecule has 0 fully saturated rings. The first-order valence-electron chi connectivity index (χ1n) is 2.43. The van der Waals surface area contributed by atoms with E-state index in [1.54, 1.807) is 0 Å². The van der Waals surface area contributed by atoms with Gasteiger partial charge in [-0.3, -0.25) is 0 Å². The smallest absolute Gasteiger partial charge is 0.336 e. The standard InChI is InChI=1S/C5H7IO4/c1-3(5(7)8)4(2)6(9)10/h1-2H3,(H,7,8)/b4-3+. The maximum Gasteiger partial charge on any atom is 0.336 e. The van der Waals surface area contributed by atoms with Gasteiger partial charge in [0.05, 0.1) is 3.58 Å². The number of halogens is 1. The van der Waals surface area contributed by atoms with Crippen LogP contribution < -0.4 is 0 Å². The summed E-state index contributed by atoms with van der Waals surface area (Å²) in [6.07, 6.45) is 0. The summed E-state index contributed by atoms with van der Waals surface area (Å²) >= 11 is -3.53. The van der Waals surface area contributed by atoms with Gasteiger partial charge in [-0.1, -0.05) is 0 Å². The Bertz CT molecular complexity index is 240. The number of aliphatic carboxylic acids is 1. The molecule has 10 heavy (non-hydrogen) atoms. The van der Waals surface area contributed by atoms with E-state index in [0.717, 1.165) is 0 Å². The maximum atomic E-state index is 10.3. The van der Waals surface area contributed by atoms with Crippen molar-refractivity contribution in [2.45, 2.75) is 13.8 Å². The molecule has 1 N–H and O–H groups in total. The molecular weight excluding hydrogens is 251 g/mol. The molecule has 0 unspecified atom stereocenters. The molecule has 5 heteroatoms. The third-order valence-electron chi connectivity index (χ3n) is 1.07. The molecule has 0 aliphatic heterocycles. The Morgan fingerprint density at radius 2 is 1.70 bits per heavy atom. The van der Waals surface area contributed by atoms with Gasteiger partial charge in [0.2, 0.25) is 0 Å². The molecule has 0 amide bonds. The lowest BCUT2D eigenvalue weighted by Crippen LogP contribution is -1.96. The van der Waals surface area contributed by atoms with E-state index >= 15 is 0 Å². The Hall–Kier alpha value is -0.460. The molecular formula is C5H7IO4. The summed E-state index contributed by atoms with van der Waals surface area (Å²) in [5.41, 5.74) is -0.0878. The summed E-state index contributed by atoms with van der Waals surface area (Å²) in [5, 5.41) is 8.29. The average molecular weight is 258 g/mol. The molecule has 0 bridgehead atoms. The van der Waals surface area contributed by atoms with E-state index in [1.165, 1.54) is 13.8 Å². The zero-order valence-corrected chi connectivity index (χ0v) is 7.71.